The molecule has 0 spiro atoms. The van der Waals surface area contributed by atoms with Crippen LogP contribution in [0.4, 0.5) is 5.69 Å². The van der Waals surface area contributed by atoms with Gasteiger partial charge in [-0.1, -0.05) is 0 Å². The van der Waals surface area contributed by atoms with Gasteiger partial charge in [-0.3, -0.25) is 10.8 Å². The molecule has 2 rings (SSSR count). The van der Waals surface area contributed by atoms with E-state index in [0.717, 1.165) is 36.6 Å². The van der Waals surface area contributed by atoms with Gasteiger partial charge in [0.2, 0.25) is 0 Å². The summed E-state index contributed by atoms with van der Waals surface area (Å²) in [5, 5.41) is 3.27. The molecular weight excluding hydrogens is 176 g/mol. The fourth-order valence-corrected chi connectivity index (χ4v) is 1.45. The van der Waals surface area contributed by atoms with Crippen molar-refractivity contribution in [3.8, 4) is 0 Å². The lowest BCUT2D eigenvalue weighted by molar-refractivity contribution is 0.742. The molecule has 14 heavy (non-hydrogen) atoms. The van der Waals surface area contributed by atoms with Crippen LogP contribution in [0.3, 0.4) is 0 Å². The van der Waals surface area contributed by atoms with Gasteiger partial charge in [0.25, 0.3) is 0 Å². The SMILES string of the molecule is NNc1ccc(C2=NCCCN2)cc1. The largest absolute Gasteiger partial charge is 0.370 e. The number of nitrogens with two attached hydrogens (primary N) is 1. The van der Waals surface area contributed by atoms with Gasteiger partial charge in [-0.25, -0.2) is 0 Å². The molecule has 4 N–H and O–H groups in total. The van der Waals surface area contributed by atoms with Crippen LogP contribution in [0.15, 0.2) is 29.3 Å². The first kappa shape index (κ1) is 9.02. The van der Waals surface area contributed by atoms with Gasteiger partial charge < -0.3 is 10.7 Å². The molecule has 0 saturated heterocycles. The number of nitrogen functional groups attached to an aromatic ring is 1. The molecule has 4 heteroatoms. The van der Waals surface area contributed by atoms with Crippen LogP contribution in [-0.2, 0) is 0 Å². The number of amidine groups is 1. The second kappa shape index (κ2) is 4.11. The summed E-state index contributed by atoms with van der Waals surface area (Å²) in [7, 11) is 0. The predicted octanol–water partition coefficient (Wildman–Crippen LogP) is 0.712. The Labute approximate surface area is 83.2 Å². The van der Waals surface area contributed by atoms with Gasteiger partial charge in [-0.15, -0.1) is 0 Å². The van der Waals surface area contributed by atoms with Crippen LogP contribution in [0, 0.1) is 0 Å². The monoisotopic (exact) mass is 190 g/mol. The molecule has 0 radical (unpaired) electrons. The molecule has 0 unspecified atom stereocenters. The summed E-state index contributed by atoms with van der Waals surface area (Å²) in [4.78, 5) is 4.41. The third-order valence-corrected chi connectivity index (χ3v) is 2.22. The van der Waals surface area contributed by atoms with Crippen LogP contribution in [0.2, 0.25) is 0 Å². The second-order valence-corrected chi connectivity index (χ2v) is 3.23. The number of nitrogens with one attached hydrogen (secondary N) is 2. The summed E-state index contributed by atoms with van der Waals surface area (Å²) in [6.45, 7) is 1.93. The van der Waals surface area contributed by atoms with Crippen LogP contribution >= 0.6 is 0 Å². The van der Waals surface area contributed by atoms with Crippen molar-refractivity contribution < 1.29 is 0 Å². The quantitative estimate of drug-likeness (QED) is 0.475. The normalized spacial score (nSPS) is 15.6. The van der Waals surface area contributed by atoms with Crippen molar-refractivity contribution >= 4 is 11.5 Å². The molecule has 1 aliphatic heterocycles. The highest BCUT2D eigenvalue weighted by Gasteiger charge is 2.05. The molecule has 0 aliphatic carbocycles. The number of benzene rings is 1. The maximum Gasteiger partial charge on any atom is 0.128 e. The average Bonchev–Trinajstić information content (AvgIpc) is 2.30. The van der Waals surface area contributed by atoms with E-state index in [1.165, 1.54) is 0 Å². The smallest absolute Gasteiger partial charge is 0.128 e. The number of rotatable bonds is 2. The van der Waals surface area contributed by atoms with Gasteiger partial charge in [0.1, 0.15) is 5.84 Å². The Morgan fingerprint density at radius 3 is 2.64 bits per heavy atom. The Morgan fingerprint density at radius 2 is 2.07 bits per heavy atom. The number of anilines is 1. The van der Waals surface area contributed by atoms with E-state index < -0.39 is 0 Å². The average molecular weight is 190 g/mol. The van der Waals surface area contributed by atoms with E-state index in [1.807, 2.05) is 24.3 Å². The van der Waals surface area contributed by atoms with Crippen molar-refractivity contribution in [3.05, 3.63) is 29.8 Å². The van der Waals surface area contributed by atoms with Crippen LogP contribution in [0.5, 0.6) is 0 Å². The summed E-state index contributed by atoms with van der Waals surface area (Å²) in [5.74, 6) is 6.27. The number of hydrazine groups is 1. The van der Waals surface area contributed by atoms with E-state index in [1.54, 1.807) is 0 Å². The number of aliphatic imine (C=N–C) groups is 1. The minimum absolute atomic E-state index is 0.908. The van der Waals surface area contributed by atoms with E-state index in [-0.39, 0.29) is 0 Å². The zero-order chi connectivity index (χ0) is 9.80. The summed E-state index contributed by atoms with van der Waals surface area (Å²) >= 11 is 0. The van der Waals surface area contributed by atoms with Crippen LogP contribution < -0.4 is 16.6 Å². The molecule has 74 valence electrons. The predicted molar refractivity (Wildman–Crippen MR) is 58.3 cm³/mol. The van der Waals surface area contributed by atoms with Crippen LogP contribution in [0.25, 0.3) is 0 Å². The summed E-state index contributed by atoms with van der Waals surface area (Å²) in [6.07, 6.45) is 1.12. The van der Waals surface area contributed by atoms with E-state index in [9.17, 15) is 0 Å². The minimum atomic E-state index is 0.908. The molecule has 0 saturated carbocycles. The van der Waals surface area contributed by atoms with Crippen molar-refractivity contribution in [2.45, 2.75) is 6.42 Å². The Kier molecular flexibility index (Phi) is 2.65. The first-order valence-corrected chi connectivity index (χ1v) is 4.75. The van der Waals surface area contributed by atoms with Crippen molar-refractivity contribution in [2.24, 2.45) is 10.8 Å². The maximum absolute atomic E-state index is 5.28. The van der Waals surface area contributed by atoms with E-state index in [4.69, 9.17) is 5.84 Å². The topological polar surface area (TPSA) is 62.4 Å². The minimum Gasteiger partial charge on any atom is -0.370 e. The Hall–Kier alpha value is -1.55. The lowest BCUT2D eigenvalue weighted by Crippen LogP contribution is -2.30. The zero-order valence-electron chi connectivity index (χ0n) is 7.96. The molecule has 1 aliphatic rings. The van der Waals surface area contributed by atoms with Gasteiger partial charge in [-0.05, 0) is 30.7 Å². The second-order valence-electron chi connectivity index (χ2n) is 3.23. The molecule has 4 nitrogen and oxygen atoms in total. The van der Waals surface area contributed by atoms with E-state index in [2.05, 4.69) is 15.7 Å². The van der Waals surface area contributed by atoms with Gasteiger partial charge >= 0.3 is 0 Å². The fraction of sp³-hybridized carbons (Fsp3) is 0.300. The molecule has 0 atom stereocenters. The molecule has 0 amide bonds. The van der Waals surface area contributed by atoms with Crippen molar-refractivity contribution in [1.29, 1.82) is 0 Å². The summed E-state index contributed by atoms with van der Waals surface area (Å²) in [6, 6.07) is 7.89. The Balaban J connectivity index is 2.19. The zero-order valence-corrected chi connectivity index (χ0v) is 7.96. The van der Waals surface area contributed by atoms with E-state index in [0.29, 0.717) is 0 Å². The highest BCUT2D eigenvalue weighted by molar-refractivity contribution is 5.99. The Morgan fingerprint density at radius 1 is 1.29 bits per heavy atom. The lowest BCUT2D eigenvalue weighted by Gasteiger charge is -2.14. The standard InChI is InChI=1S/C10H14N4/c11-14-9-4-2-8(3-5-9)10-12-6-1-7-13-10/h2-5,14H,1,6-7,11H2,(H,12,13). The van der Waals surface area contributed by atoms with Crippen molar-refractivity contribution in [1.82, 2.24) is 5.32 Å². The van der Waals surface area contributed by atoms with E-state index >= 15 is 0 Å². The summed E-state index contributed by atoms with van der Waals surface area (Å²) in [5.41, 5.74) is 4.62. The third kappa shape index (κ3) is 1.85. The highest BCUT2D eigenvalue weighted by Crippen LogP contribution is 2.09. The van der Waals surface area contributed by atoms with Crippen molar-refractivity contribution in [3.63, 3.8) is 0 Å². The first-order valence-electron chi connectivity index (χ1n) is 4.75. The van der Waals surface area contributed by atoms with Gasteiger partial charge in [0, 0.05) is 24.3 Å². The number of hydrogen-bond acceptors (Lipinski definition) is 4. The maximum atomic E-state index is 5.28. The number of hydrogen-bond donors (Lipinski definition) is 3. The highest BCUT2D eigenvalue weighted by atomic mass is 15.2. The Bertz CT molecular complexity index is 328. The fourth-order valence-electron chi connectivity index (χ4n) is 1.45. The molecule has 0 fully saturated rings. The third-order valence-electron chi connectivity index (χ3n) is 2.22. The lowest BCUT2D eigenvalue weighted by atomic mass is 10.1. The molecule has 0 bridgehead atoms. The van der Waals surface area contributed by atoms with Crippen LogP contribution in [-0.4, -0.2) is 18.9 Å². The molecule has 1 heterocycles. The molecule has 1 aromatic carbocycles. The van der Waals surface area contributed by atoms with Gasteiger partial charge in [0.05, 0.1) is 0 Å². The first-order chi connectivity index (χ1) is 6.90. The van der Waals surface area contributed by atoms with Crippen LogP contribution in [0.1, 0.15) is 12.0 Å². The molecule has 1 aromatic rings. The van der Waals surface area contributed by atoms with Crippen molar-refractivity contribution in [2.75, 3.05) is 18.5 Å². The molecule has 0 aromatic heterocycles. The summed E-state index contributed by atoms with van der Waals surface area (Å²) < 4.78 is 0. The van der Waals surface area contributed by atoms with Gasteiger partial charge in [-0.2, -0.15) is 0 Å². The number of nitrogens with zero attached hydrogens (tertiary/aromatic N) is 1. The van der Waals surface area contributed by atoms with Gasteiger partial charge in [0.15, 0.2) is 0 Å². The molecular formula is C10H14N4.